The molecule has 220 valence electrons. The van der Waals surface area contributed by atoms with Gasteiger partial charge in [-0.1, -0.05) is 50.1 Å². The van der Waals surface area contributed by atoms with Crippen molar-refractivity contribution >= 4 is 38.5 Å². The van der Waals surface area contributed by atoms with Crippen LogP contribution in [0, 0.1) is 18.7 Å². The number of hydrogen-bond acceptors (Lipinski definition) is 7. The second-order valence-electron chi connectivity index (χ2n) is 10.1. The summed E-state index contributed by atoms with van der Waals surface area (Å²) in [5.41, 5.74) is -1.17. The number of nitrogens with zero attached hydrogens (tertiary/aromatic N) is 4. The van der Waals surface area contributed by atoms with E-state index in [0.717, 1.165) is 0 Å². The Balaban J connectivity index is 1.66. The molecule has 0 radical (unpaired) electrons. The van der Waals surface area contributed by atoms with Crippen molar-refractivity contribution in [3.8, 4) is 0 Å². The zero-order valence-corrected chi connectivity index (χ0v) is 24.7. The van der Waals surface area contributed by atoms with Crippen LogP contribution in [0.2, 0.25) is 5.15 Å². The molecule has 0 aliphatic carbocycles. The van der Waals surface area contributed by atoms with Gasteiger partial charge in [0.25, 0.3) is 15.6 Å². The molecule has 0 spiro atoms. The van der Waals surface area contributed by atoms with Crippen LogP contribution in [0.25, 0.3) is 11.2 Å². The quantitative estimate of drug-likeness (QED) is 0.197. The summed E-state index contributed by atoms with van der Waals surface area (Å²) in [6.07, 6.45) is 2.05. The highest BCUT2D eigenvalue weighted by Crippen LogP contribution is 2.42. The molecule has 0 aliphatic rings. The van der Waals surface area contributed by atoms with Gasteiger partial charge in [-0.25, -0.2) is 22.6 Å². The normalized spacial score (nSPS) is 14.1. The molecule has 0 saturated heterocycles. The maximum absolute atomic E-state index is 15.1. The molecule has 0 aliphatic heterocycles. The highest BCUT2D eigenvalue weighted by molar-refractivity contribution is 7.92. The van der Waals surface area contributed by atoms with Crippen LogP contribution in [0.3, 0.4) is 0 Å². The van der Waals surface area contributed by atoms with Crippen LogP contribution in [0.15, 0.2) is 57.1 Å². The summed E-state index contributed by atoms with van der Waals surface area (Å²) in [7, 11) is -2.56. The third-order valence-corrected chi connectivity index (χ3v) is 9.61. The van der Waals surface area contributed by atoms with E-state index in [2.05, 4.69) is 34.7 Å². The maximum atomic E-state index is 15.1. The van der Waals surface area contributed by atoms with E-state index in [1.165, 1.54) is 37.0 Å². The van der Waals surface area contributed by atoms with Gasteiger partial charge in [0.1, 0.15) is 27.2 Å². The fourth-order valence-electron chi connectivity index (χ4n) is 5.23. The second kappa shape index (κ2) is 10.8. The Labute approximate surface area is 244 Å². The predicted molar refractivity (Wildman–Crippen MR) is 156 cm³/mol. The summed E-state index contributed by atoms with van der Waals surface area (Å²) in [5.74, 6) is -0.364. The zero-order chi connectivity index (χ0) is 30.4. The van der Waals surface area contributed by atoms with E-state index in [4.69, 9.17) is 11.6 Å². The van der Waals surface area contributed by atoms with Crippen molar-refractivity contribution in [2.24, 2.45) is 13.0 Å². The van der Waals surface area contributed by atoms with Crippen molar-refractivity contribution < 1.29 is 12.8 Å². The van der Waals surface area contributed by atoms with E-state index in [-0.39, 0.29) is 44.9 Å². The number of sulfonamides is 1. The molecule has 4 heterocycles. The number of halogens is 2. The van der Waals surface area contributed by atoms with Gasteiger partial charge < -0.3 is 4.98 Å². The fourth-order valence-corrected chi connectivity index (χ4v) is 7.03. The van der Waals surface area contributed by atoms with Crippen LogP contribution in [0.5, 0.6) is 0 Å². The van der Waals surface area contributed by atoms with E-state index in [9.17, 15) is 18.0 Å². The molecule has 0 saturated carbocycles. The average Bonchev–Trinajstić information content (AvgIpc) is 3.48. The fraction of sp³-hybridized carbons (Fsp3) is 0.296. The first kappa shape index (κ1) is 29.2. The van der Waals surface area contributed by atoms with E-state index in [1.54, 1.807) is 24.3 Å². The van der Waals surface area contributed by atoms with Crippen molar-refractivity contribution in [3.05, 3.63) is 97.2 Å². The first-order valence-corrected chi connectivity index (χ1v) is 14.9. The number of fused-ring (bicyclic) bond motifs is 1. The van der Waals surface area contributed by atoms with Crippen LogP contribution >= 0.6 is 11.6 Å². The maximum Gasteiger partial charge on any atom is 0.327 e. The summed E-state index contributed by atoms with van der Waals surface area (Å²) in [4.78, 5) is 41.4. The SMILES string of the molecule is CCC(C)C(Cc1ccccc1F)(c1ccc(NS(=O)(=O)c2c(C)nn(C)c2Cl)cn1)c1nc2[nH]c(=O)[nH]c(=O)c2[nH]1. The van der Waals surface area contributed by atoms with Gasteiger partial charge in [-0.2, -0.15) is 5.10 Å². The number of aromatic amines is 3. The number of aromatic nitrogens is 7. The molecule has 2 atom stereocenters. The highest BCUT2D eigenvalue weighted by Gasteiger charge is 2.44. The molecule has 4 aromatic heterocycles. The Morgan fingerprint density at radius 3 is 2.50 bits per heavy atom. The Bertz CT molecular complexity index is 2020. The molecule has 5 rings (SSSR count). The third-order valence-electron chi connectivity index (χ3n) is 7.53. The number of anilines is 1. The molecular formula is C27H28ClFN8O4S. The molecule has 12 nitrogen and oxygen atoms in total. The van der Waals surface area contributed by atoms with E-state index >= 15 is 4.39 Å². The van der Waals surface area contributed by atoms with Gasteiger partial charge in [0.05, 0.1) is 28.7 Å². The highest BCUT2D eigenvalue weighted by atomic mass is 35.5. The molecule has 15 heteroatoms. The predicted octanol–water partition coefficient (Wildman–Crippen LogP) is 3.54. The second-order valence-corrected chi connectivity index (χ2v) is 12.1. The van der Waals surface area contributed by atoms with Crippen molar-refractivity contribution in [1.29, 1.82) is 0 Å². The minimum absolute atomic E-state index is 0.0387. The van der Waals surface area contributed by atoms with Crippen LogP contribution in [0.4, 0.5) is 10.1 Å². The lowest BCUT2D eigenvalue weighted by molar-refractivity contribution is 0.307. The summed E-state index contributed by atoms with van der Waals surface area (Å²) >= 11 is 6.19. The molecule has 0 fully saturated rings. The smallest absolute Gasteiger partial charge is 0.327 e. The van der Waals surface area contributed by atoms with Crippen LogP contribution < -0.4 is 16.0 Å². The number of imidazole rings is 1. The van der Waals surface area contributed by atoms with Crippen molar-refractivity contribution in [2.45, 2.75) is 43.9 Å². The number of pyridine rings is 1. The number of aryl methyl sites for hydroxylation is 2. The average molecular weight is 615 g/mol. The molecule has 4 N–H and O–H groups in total. The van der Waals surface area contributed by atoms with Crippen LogP contribution in [0.1, 0.15) is 43.0 Å². The molecule has 2 unspecified atom stereocenters. The molecule has 42 heavy (non-hydrogen) atoms. The molecule has 5 aromatic rings. The monoisotopic (exact) mass is 614 g/mol. The van der Waals surface area contributed by atoms with Gasteiger partial charge in [-0.3, -0.25) is 29.2 Å². The standard InChI is InChI=1S/C27H28ClFN8O4S/c1-5-14(2)27(12-16-8-6-7-9-18(16)29,25-31-20-23(32-25)33-26(39)34-24(20)38)19-11-10-17(13-30-19)36-42(40,41)21-15(3)35-37(4)22(21)28/h6-11,13-14,36H,5,12H2,1-4H3,(H3,31,32,33,34,38,39). The van der Waals surface area contributed by atoms with Crippen molar-refractivity contribution in [3.63, 3.8) is 0 Å². The lowest BCUT2D eigenvalue weighted by Gasteiger charge is -2.37. The van der Waals surface area contributed by atoms with Crippen molar-refractivity contribution in [2.75, 3.05) is 4.72 Å². The molecule has 0 amide bonds. The summed E-state index contributed by atoms with van der Waals surface area (Å²) in [5, 5.41) is 4.03. The van der Waals surface area contributed by atoms with Crippen LogP contribution in [-0.2, 0) is 28.9 Å². The number of benzene rings is 1. The Hall–Kier alpha value is -4.30. The first-order valence-electron chi connectivity index (χ1n) is 13.0. The summed E-state index contributed by atoms with van der Waals surface area (Å²) in [6.45, 7) is 5.45. The minimum atomic E-state index is -4.10. The van der Waals surface area contributed by atoms with Crippen molar-refractivity contribution in [1.82, 2.24) is 34.7 Å². The lowest BCUT2D eigenvalue weighted by Crippen LogP contribution is -2.40. The molecule has 1 aromatic carbocycles. The van der Waals surface area contributed by atoms with E-state index < -0.39 is 32.5 Å². The number of rotatable bonds is 9. The summed E-state index contributed by atoms with van der Waals surface area (Å²) in [6, 6.07) is 9.49. The lowest BCUT2D eigenvalue weighted by atomic mass is 9.67. The Morgan fingerprint density at radius 2 is 1.88 bits per heavy atom. The number of nitrogens with one attached hydrogen (secondary N) is 4. The van der Waals surface area contributed by atoms with Gasteiger partial charge in [-0.15, -0.1) is 0 Å². The number of H-pyrrole nitrogens is 3. The van der Waals surface area contributed by atoms with Crippen LogP contribution in [-0.4, -0.2) is 43.1 Å². The topological polar surface area (TPSA) is 171 Å². The minimum Gasteiger partial charge on any atom is -0.335 e. The summed E-state index contributed by atoms with van der Waals surface area (Å²) < 4.78 is 45.1. The van der Waals surface area contributed by atoms with Gasteiger partial charge in [0.15, 0.2) is 5.65 Å². The third kappa shape index (κ3) is 5.00. The van der Waals surface area contributed by atoms with Gasteiger partial charge in [0.2, 0.25) is 0 Å². The van der Waals surface area contributed by atoms with Gasteiger partial charge >= 0.3 is 5.69 Å². The van der Waals surface area contributed by atoms with E-state index in [0.29, 0.717) is 23.5 Å². The first-order chi connectivity index (χ1) is 19.9. The Morgan fingerprint density at radius 1 is 1.14 bits per heavy atom. The van der Waals surface area contributed by atoms with E-state index in [1.807, 2.05) is 13.8 Å². The van der Waals surface area contributed by atoms with Gasteiger partial charge in [0, 0.05) is 7.05 Å². The molecular weight excluding hydrogens is 587 g/mol. The van der Waals surface area contributed by atoms with Gasteiger partial charge in [-0.05, 0) is 43.0 Å². The Kier molecular flexibility index (Phi) is 7.53. The largest absolute Gasteiger partial charge is 0.335 e. The molecule has 0 bridgehead atoms. The zero-order valence-electron chi connectivity index (χ0n) is 23.1. The number of hydrogen-bond donors (Lipinski definition) is 4.